The number of nitrogens with zero attached hydrogens (tertiary/aromatic N) is 4. The Kier molecular flexibility index (Phi) is 13.9. The van der Waals surface area contributed by atoms with Gasteiger partial charge in [-0.3, -0.25) is 0 Å². The lowest BCUT2D eigenvalue weighted by molar-refractivity contribution is 0.590. The maximum absolute atomic E-state index is 2.74. The van der Waals surface area contributed by atoms with E-state index in [1.54, 1.807) is 0 Å². The molecule has 2 aliphatic rings. The molecule has 0 radical (unpaired) electrons. The molecule has 4 nitrogen and oxygen atoms in total. The van der Waals surface area contributed by atoms with Crippen LogP contribution >= 0.6 is 0 Å². The van der Waals surface area contributed by atoms with E-state index in [0.29, 0.717) is 0 Å². The Morgan fingerprint density at radius 3 is 1.07 bits per heavy atom. The average Bonchev–Trinajstić information content (AvgIpc) is 1.38. The lowest BCUT2D eigenvalue weighted by atomic mass is 9.33. The van der Waals surface area contributed by atoms with Gasteiger partial charge in [0.15, 0.2) is 0 Å². The van der Waals surface area contributed by atoms with Crippen LogP contribution in [0.4, 0.5) is 34.1 Å². The first-order chi connectivity index (χ1) is 52.4. The first-order valence-electron chi connectivity index (χ1n) is 37.7. The van der Waals surface area contributed by atoms with Crippen LogP contribution < -0.4 is 26.2 Å². The Labute approximate surface area is 624 Å². The molecule has 0 bridgehead atoms. The summed E-state index contributed by atoms with van der Waals surface area (Å²) in [7, 11) is 0. The van der Waals surface area contributed by atoms with Gasteiger partial charge in [0.2, 0.25) is 0 Å². The molecule has 2 aromatic heterocycles. The quantitative estimate of drug-likeness (QED) is 0.106. The van der Waals surface area contributed by atoms with Crippen molar-refractivity contribution >= 4 is 133 Å². The Morgan fingerprint density at radius 1 is 0.243 bits per heavy atom. The fourth-order valence-corrected chi connectivity index (χ4v) is 18.2. The van der Waals surface area contributed by atoms with E-state index in [-0.39, 0.29) is 17.5 Å². The summed E-state index contributed by atoms with van der Waals surface area (Å²) in [5.41, 5.74) is 30.8. The number of para-hydroxylation sites is 4. The summed E-state index contributed by atoms with van der Waals surface area (Å²) in [4.78, 5) is 5.46. The summed E-state index contributed by atoms with van der Waals surface area (Å²) in [6.07, 6.45) is 0. The smallest absolute Gasteiger partial charge is 0.252 e. The van der Waals surface area contributed by atoms with E-state index in [9.17, 15) is 0 Å². The lowest BCUT2D eigenvalue weighted by Gasteiger charge is -2.46. The van der Waals surface area contributed by atoms with E-state index in [4.69, 9.17) is 0 Å². The summed E-state index contributed by atoms with van der Waals surface area (Å²) in [6.45, 7) is 13.9. The van der Waals surface area contributed by atoms with Crippen LogP contribution in [-0.4, -0.2) is 15.8 Å². The van der Waals surface area contributed by atoms with Crippen molar-refractivity contribution in [1.29, 1.82) is 0 Å². The fourth-order valence-electron chi connectivity index (χ4n) is 18.2. The zero-order valence-corrected chi connectivity index (χ0v) is 60.8. The first-order valence-corrected chi connectivity index (χ1v) is 37.7. The maximum atomic E-state index is 2.74. The van der Waals surface area contributed by atoms with Crippen LogP contribution in [0.2, 0.25) is 0 Å². The minimum absolute atomic E-state index is 0.209. The van der Waals surface area contributed by atoms with Crippen molar-refractivity contribution in [2.75, 3.05) is 9.80 Å². The van der Waals surface area contributed by atoms with Crippen molar-refractivity contribution in [3.63, 3.8) is 0 Å². The van der Waals surface area contributed by atoms with Gasteiger partial charge in [0.05, 0.1) is 39.1 Å². The number of aromatic nitrogens is 2. The largest absolute Gasteiger partial charge is 0.310 e. The summed E-state index contributed by atoms with van der Waals surface area (Å²) >= 11 is 0. The van der Waals surface area contributed by atoms with Crippen molar-refractivity contribution in [3.8, 4) is 67.0 Å². The molecule has 21 rings (SSSR count). The number of hydrogen-bond acceptors (Lipinski definition) is 2. The molecule has 0 saturated carbocycles. The summed E-state index contributed by atoms with van der Waals surface area (Å²) < 4.78 is 5.07. The molecule has 4 heterocycles. The van der Waals surface area contributed by atoms with Crippen molar-refractivity contribution in [2.24, 2.45) is 0 Å². The van der Waals surface area contributed by atoms with E-state index >= 15 is 0 Å². The molecule has 0 spiro atoms. The Morgan fingerprint density at radius 2 is 0.626 bits per heavy atom. The topological polar surface area (TPSA) is 16.3 Å². The average molecular weight is 1370 g/mol. The van der Waals surface area contributed by atoms with Crippen LogP contribution in [0.5, 0.6) is 0 Å². The molecule has 506 valence electrons. The fraction of sp³-hybridized carbons (Fsp3) is 0.0784. The van der Waals surface area contributed by atoms with Crippen LogP contribution in [0.15, 0.2) is 346 Å². The highest BCUT2D eigenvalue weighted by Gasteiger charge is 2.46. The second kappa shape index (κ2) is 23.8. The number of benzene rings is 17. The molecular weight excluding hydrogens is 1290 g/mol. The monoisotopic (exact) mass is 1370 g/mol. The van der Waals surface area contributed by atoms with E-state index < -0.39 is 0 Å². The van der Waals surface area contributed by atoms with Gasteiger partial charge in [-0.25, -0.2) is 0 Å². The normalized spacial score (nSPS) is 12.9. The lowest BCUT2D eigenvalue weighted by Crippen LogP contribution is -2.61. The molecule has 19 aromatic rings. The van der Waals surface area contributed by atoms with Gasteiger partial charge in [-0.1, -0.05) is 308 Å². The number of fused-ring (bicyclic) bond motifs is 10. The van der Waals surface area contributed by atoms with E-state index in [1.807, 2.05) is 0 Å². The van der Waals surface area contributed by atoms with Gasteiger partial charge in [0.25, 0.3) is 6.71 Å². The highest BCUT2D eigenvalue weighted by molar-refractivity contribution is 7.00. The van der Waals surface area contributed by atoms with Crippen molar-refractivity contribution in [2.45, 2.75) is 52.4 Å². The molecule has 0 atom stereocenters. The van der Waals surface area contributed by atoms with Gasteiger partial charge in [0, 0.05) is 72.2 Å². The van der Waals surface area contributed by atoms with Gasteiger partial charge in [-0.2, -0.15) is 0 Å². The molecule has 107 heavy (non-hydrogen) atoms. The summed E-state index contributed by atoms with van der Waals surface area (Å²) in [5, 5.41) is 12.5. The second-order valence-corrected chi connectivity index (χ2v) is 31.5. The van der Waals surface area contributed by atoms with E-state index in [0.717, 1.165) is 112 Å². The molecule has 5 heteroatoms. The molecular formula is C102H75BN4. The van der Waals surface area contributed by atoms with Gasteiger partial charge in [-0.15, -0.1) is 0 Å². The molecule has 2 aliphatic heterocycles. The maximum Gasteiger partial charge on any atom is 0.252 e. The second-order valence-electron chi connectivity index (χ2n) is 31.5. The third kappa shape index (κ3) is 9.70. The van der Waals surface area contributed by atoms with Gasteiger partial charge < -0.3 is 18.9 Å². The Balaban J connectivity index is 0.976. The van der Waals surface area contributed by atoms with Crippen LogP contribution in [0.25, 0.3) is 143 Å². The van der Waals surface area contributed by atoms with Crippen molar-refractivity contribution in [1.82, 2.24) is 9.13 Å². The van der Waals surface area contributed by atoms with E-state index in [1.165, 1.54) is 92.5 Å². The summed E-state index contributed by atoms with van der Waals surface area (Å²) in [6, 6.07) is 132. The van der Waals surface area contributed by atoms with Gasteiger partial charge >= 0.3 is 0 Å². The Hall–Kier alpha value is -13.0. The zero-order chi connectivity index (χ0) is 71.6. The van der Waals surface area contributed by atoms with Crippen molar-refractivity contribution in [3.05, 3.63) is 357 Å². The highest BCUT2D eigenvalue weighted by atomic mass is 15.2. The molecule has 0 aliphatic carbocycles. The van der Waals surface area contributed by atoms with Crippen LogP contribution in [0, 0.1) is 0 Å². The molecule has 17 aromatic carbocycles. The minimum Gasteiger partial charge on any atom is -0.310 e. The van der Waals surface area contributed by atoms with Crippen LogP contribution in [0.1, 0.15) is 52.7 Å². The SMILES string of the molecule is CC(C)(C)c1cc(-c2ccccc2)c(N2c3ccc(-c4ccc5ccc6cccc7ccc4c5c67)cc3B3c4ccc(-n5c6ccccc6c6ccccc65)cc4N(c4c(-c5ccccc5)cc(C(C)(C)C)cc4-c4ccccc4)c4cc(-n5c6ccccc6c6ccccc65)cc2c43)c(-c2ccccc2)c1. The summed E-state index contributed by atoms with van der Waals surface area (Å²) in [5.74, 6) is 0. The standard InChI is InChI=1S/C102H75BN4/c1-101(2,3)72-57-82(64-28-11-7-12-29-64)99(83(58-72)65-30-13-8-14-31-65)106-92-55-50-71(76-52-48-70-47-46-68-36-27-37-69-49-53-81(76)97(70)96(68)69)56-87(92)103-86-54-51-74(104-88-42-23-19-38-77(88)78-39-20-24-43-89(78)104)61-93(86)107(95-63-75(62-94(106)98(95)103)105-90-44-25-21-40-79(90)80-41-22-26-45-91(80)105)100-84(66-32-15-9-16-33-66)59-73(102(4,5)6)60-85(100)67-34-17-10-18-35-67/h7-63H,1-6H3. The molecule has 0 saturated heterocycles. The van der Waals surface area contributed by atoms with Gasteiger partial charge in [-0.05, 0) is 183 Å². The highest BCUT2D eigenvalue weighted by Crippen LogP contribution is 2.56. The molecule has 0 N–H and O–H groups in total. The van der Waals surface area contributed by atoms with Crippen molar-refractivity contribution < 1.29 is 0 Å². The van der Waals surface area contributed by atoms with Crippen LogP contribution in [0.3, 0.4) is 0 Å². The number of rotatable bonds is 9. The molecule has 0 amide bonds. The zero-order valence-electron chi connectivity index (χ0n) is 60.8. The minimum atomic E-state index is -0.306. The third-order valence-electron chi connectivity index (χ3n) is 23.3. The predicted molar refractivity (Wildman–Crippen MR) is 457 cm³/mol. The number of anilines is 6. The number of hydrogen-bond donors (Lipinski definition) is 0. The molecule has 0 fully saturated rings. The Bertz CT molecular complexity index is 6590. The van der Waals surface area contributed by atoms with E-state index in [2.05, 4.69) is 406 Å². The predicted octanol–water partition coefficient (Wildman–Crippen LogP) is 25.8. The third-order valence-corrected chi connectivity index (χ3v) is 23.3. The van der Waals surface area contributed by atoms with Crippen LogP contribution in [-0.2, 0) is 10.8 Å². The first kappa shape index (κ1) is 62.6. The van der Waals surface area contributed by atoms with Gasteiger partial charge in [0.1, 0.15) is 0 Å². The molecule has 0 unspecified atom stereocenters.